The van der Waals surface area contributed by atoms with Crippen LogP contribution in [0.3, 0.4) is 0 Å². The summed E-state index contributed by atoms with van der Waals surface area (Å²) in [6, 6.07) is 7.62. The first-order valence-corrected chi connectivity index (χ1v) is 10.5. The lowest BCUT2D eigenvalue weighted by Crippen LogP contribution is -2.25. The van der Waals surface area contributed by atoms with Crippen LogP contribution in [0, 0.1) is 0 Å². The van der Waals surface area contributed by atoms with E-state index >= 15 is 0 Å². The van der Waals surface area contributed by atoms with Crippen molar-refractivity contribution in [2.24, 2.45) is 0 Å². The molecule has 26 heavy (non-hydrogen) atoms. The van der Waals surface area contributed by atoms with Crippen LogP contribution in [0.4, 0.5) is 5.69 Å². The van der Waals surface area contributed by atoms with Crippen molar-refractivity contribution in [3.05, 3.63) is 24.3 Å². The second-order valence-corrected chi connectivity index (χ2v) is 6.73. The number of anilines is 1. The van der Waals surface area contributed by atoms with Gasteiger partial charge in [0.05, 0.1) is 0 Å². The highest BCUT2D eigenvalue weighted by molar-refractivity contribution is 5.48. The van der Waals surface area contributed by atoms with Gasteiger partial charge in [0.2, 0.25) is 0 Å². The summed E-state index contributed by atoms with van der Waals surface area (Å²) >= 11 is 0. The summed E-state index contributed by atoms with van der Waals surface area (Å²) in [5.74, 6) is 0.334. The minimum absolute atomic E-state index is 0.334. The Balaban J connectivity index is 2.29. The van der Waals surface area contributed by atoms with Gasteiger partial charge in [-0.3, -0.25) is 0 Å². The third-order valence-electron chi connectivity index (χ3n) is 4.56. The zero-order valence-electron chi connectivity index (χ0n) is 16.9. The molecular weight excluding hydrogens is 326 g/mol. The molecule has 1 N–H and O–H groups in total. The molecule has 0 aliphatic rings. The van der Waals surface area contributed by atoms with Crippen LogP contribution in [0.1, 0.15) is 65.2 Å². The van der Waals surface area contributed by atoms with E-state index in [1.54, 1.807) is 12.1 Å². The number of phenols is 1. The zero-order valence-corrected chi connectivity index (χ0v) is 16.9. The average Bonchev–Trinajstić information content (AvgIpc) is 2.65. The molecule has 0 aliphatic heterocycles. The lowest BCUT2D eigenvalue weighted by Gasteiger charge is -2.25. The first-order valence-electron chi connectivity index (χ1n) is 10.5. The van der Waals surface area contributed by atoms with E-state index in [0.717, 1.165) is 52.4 Å². The van der Waals surface area contributed by atoms with Crippen molar-refractivity contribution < 1.29 is 14.6 Å². The Morgan fingerprint density at radius 3 is 1.62 bits per heavy atom. The van der Waals surface area contributed by atoms with E-state index < -0.39 is 0 Å². The number of benzene rings is 1. The van der Waals surface area contributed by atoms with Crippen molar-refractivity contribution in [3.63, 3.8) is 0 Å². The summed E-state index contributed by atoms with van der Waals surface area (Å²) in [5.41, 5.74) is 1.21. The van der Waals surface area contributed by atoms with E-state index in [0.29, 0.717) is 5.75 Å². The predicted molar refractivity (Wildman–Crippen MR) is 110 cm³/mol. The van der Waals surface area contributed by atoms with Gasteiger partial charge in [0, 0.05) is 45.2 Å². The highest BCUT2D eigenvalue weighted by atomic mass is 16.5. The molecule has 0 fully saturated rings. The molecule has 0 bridgehead atoms. The molecule has 0 saturated heterocycles. The normalized spacial score (nSPS) is 11.0. The lowest BCUT2D eigenvalue weighted by atomic mass is 10.1. The number of hydrogen-bond donors (Lipinski definition) is 1. The Morgan fingerprint density at radius 1 is 0.692 bits per heavy atom. The monoisotopic (exact) mass is 365 g/mol. The molecule has 1 rings (SSSR count). The van der Waals surface area contributed by atoms with Gasteiger partial charge >= 0.3 is 0 Å². The van der Waals surface area contributed by atoms with E-state index in [2.05, 4.69) is 4.90 Å². The molecule has 0 aliphatic carbocycles. The standard InChI is InChI=1S/C22H39NO3/c1-3-25-19-11-7-5-9-17-23(21-13-15-22(24)16-14-21)18-10-6-8-12-20-26-4-2/h13-16,24H,3-12,17-20H2,1-2H3. The minimum Gasteiger partial charge on any atom is -0.508 e. The van der Waals surface area contributed by atoms with Crippen molar-refractivity contribution in [2.75, 3.05) is 44.4 Å². The number of rotatable bonds is 17. The molecule has 0 spiro atoms. The van der Waals surface area contributed by atoms with Crippen LogP contribution in [0.5, 0.6) is 5.75 Å². The van der Waals surface area contributed by atoms with Crippen molar-refractivity contribution in [3.8, 4) is 5.75 Å². The molecule has 0 amide bonds. The van der Waals surface area contributed by atoms with E-state index in [-0.39, 0.29) is 0 Å². The van der Waals surface area contributed by atoms with Gasteiger partial charge in [-0.05, 0) is 63.8 Å². The maximum Gasteiger partial charge on any atom is 0.115 e. The summed E-state index contributed by atoms with van der Waals surface area (Å²) in [5, 5.41) is 9.53. The smallest absolute Gasteiger partial charge is 0.115 e. The molecule has 0 aromatic heterocycles. The highest BCUT2D eigenvalue weighted by Gasteiger charge is 2.06. The first-order chi connectivity index (χ1) is 12.8. The Bertz CT molecular complexity index is 404. The van der Waals surface area contributed by atoms with E-state index in [4.69, 9.17) is 9.47 Å². The zero-order chi connectivity index (χ0) is 18.9. The molecule has 1 aromatic rings. The van der Waals surface area contributed by atoms with Crippen LogP contribution in [-0.4, -0.2) is 44.6 Å². The maximum atomic E-state index is 9.53. The van der Waals surface area contributed by atoms with Gasteiger partial charge in [-0.1, -0.05) is 25.7 Å². The molecular formula is C22H39NO3. The third-order valence-corrected chi connectivity index (χ3v) is 4.56. The number of aromatic hydroxyl groups is 1. The van der Waals surface area contributed by atoms with Crippen LogP contribution < -0.4 is 4.90 Å². The fourth-order valence-electron chi connectivity index (χ4n) is 3.04. The second-order valence-electron chi connectivity index (χ2n) is 6.73. The molecule has 4 heteroatoms. The van der Waals surface area contributed by atoms with Crippen LogP contribution in [0.15, 0.2) is 24.3 Å². The number of phenolic OH excluding ortho intramolecular Hbond substituents is 1. The molecule has 0 atom stereocenters. The Hall–Kier alpha value is -1.26. The summed E-state index contributed by atoms with van der Waals surface area (Å²) in [6.45, 7) is 9.67. The number of unbranched alkanes of at least 4 members (excludes halogenated alkanes) is 6. The van der Waals surface area contributed by atoms with E-state index in [9.17, 15) is 5.11 Å². The van der Waals surface area contributed by atoms with Gasteiger partial charge in [0.25, 0.3) is 0 Å². The van der Waals surface area contributed by atoms with Gasteiger partial charge in [-0.15, -0.1) is 0 Å². The number of nitrogens with zero attached hydrogens (tertiary/aromatic N) is 1. The fourth-order valence-corrected chi connectivity index (χ4v) is 3.04. The topological polar surface area (TPSA) is 41.9 Å². The van der Waals surface area contributed by atoms with E-state index in [1.807, 2.05) is 26.0 Å². The molecule has 0 heterocycles. The first kappa shape index (κ1) is 22.8. The summed E-state index contributed by atoms with van der Waals surface area (Å²) < 4.78 is 10.8. The summed E-state index contributed by atoms with van der Waals surface area (Å²) in [7, 11) is 0. The van der Waals surface area contributed by atoms with Crippen LogP contribution in [0.2, 0.25) is 0 Å². The van der Waals surface area contributed by atoms with Crippen molar-refractivity contribution in [2.45, 2.75) is 65.2 Å². The Kier molecular flexibility index (Phi) is 14.0. The lowest BCUT2D eigenvalue weighted by molar-refractivity contribution is 0.143. The fraction of sp³-hybridized carbons (Fsp3) is 0.727. The maximum absolute atomic E-state index is 9.53. The largest absolute Gasteiger partial charge is 0.508 e. The van der Waals surface area contributed by atoms with Crippen molar-refractivity contribution in [1.82, 2.24) is 0 Å². The van der Waals surface area contributed by atoms with Crippen molar-refractivity contribution >= 4 is 5.69 Å². The number of ether oxygens (including phenoxy) is 2. The highest BCUT2D eigenvalue weighted by Crippen LogP contribution is 2.20. The van der Waals surface area contributed by atoms with Gasteiger partial charge in [-0.2, -0.15) is 0 Å². The SMILES string of the molecule is CCOCCCCCCN(CCCCCCOCC)c1ccc(O)cc1. The van der Waals surface area contributed by atoms with Gasteiger partial charge in [-0.25, -0.2) is 0 Å². The molecule has 150 valence electrons. The Morgan fingerprint density at radius 2 is 1.15 bits per heavy atom. The van der Waals surface area contributed by atoms with Crippen LogP contribution in [-0.2, 0) is 9.47 Å². The van der Waals surface area contributed by atoms with Gasteiger partial charge in [0.15, 0.2) is 0 Å². The molecule has 4 nitrogen and oxygen atoms in total. The van der Waals surface area contributed by atoms with Crippen molar-refractivity contribution in [1.29, 1.82) is 0 Å². The van der Waals surface area contributed by atoms with E-state index in [1.165, 1.54) is 44.2 Å². The summed E-state index contributed by atoms with van der Waals surface area (Å²) in [4.78, 5) is 2.46. The molecule has 0 saturated carbocycles. The molecule has 1 aromatic carbocycles. The molecule has 0 radical (unpaired) electrons. The Labute approximate surface area is 160 Å². The third kappa shape index (κ3) is 11.4. The molecule has 0 unspecified atom stereocenters. The van der Waals surface area contributed by atoms with Crippen LogP contribution in [0.25, 0.3) is 0 Å². The second kappa shape index (κ2) is 16.0. The quantitative estimate of drug-likeness (QED) is 0.376. The predicted octanol–water partition coefficient (Wildman–Crippen LogP) is 5.39. The van der Waals surface area contributed by atoms with Gasteiger partial charge in [0.1, 0.15) is 5.75 Å². The van der Waals surface area contributed by atoms with Gasteiger partial charge < -0.3 is 19.5 Å². The van der Waals surface area contributed by atoms with Crippen LogP contribution >= 0.6 is 0 Å². The number of hydrogen-bond acceptors (Lipinski definition) is 4. The summed E-state index contributed by atoms with van der Waals surface area (Å²) in [6.07, 6.45) is 9.70. The average molecular weight is 366 g/mol. The minimum atomic E-state index is 0.334.